The minimum atomic E-state index is -3.95. The smallest absolute Gasteiger partial charge is 0.340 e. The minimum absolute atomic E-state index is 0.0352. The van der Waals surface area contributed by atoms with Crippen LogP contribution in [0.25, 0.3) is 0 Å². The molecule has 0 bridgehead atoms. The van der Waals surface area contributed by atoms with Gasteiger partial charge in [0.1, 0.15) is 17.7 Å². The number of nitrogens with one attached hydrogen (secondary N) is 1. The van der Waals surface area contributed by atoms with Crippen LogP contribution in [-0.4, -0.2) is 29.6 Å². The highest BCUT2D eigenvalue weighted by atomic mass is 32.2. The lowest BCUT2D eigenvalue weighted by molar-refractivity contribution is 0.0845. The van der Waals surface area contributed by atoms with Crippen molar-refractivity contribution in [3.05, 3.63) is 42.5 Å². The Bertz CT molecular complexity index is 842. The summed E-state index contributed by atoms with van der Waals surface area (Å²) in [6, 6.07) is 3.84. The zero-order valence-electron chi connectivity index (χ0n) is 12.8. The molecule has 0 aliphatic carbocycles. The molecule has 23 heavy (non-hydrogen) atoms. The second-order valence-electron chi connectivity index (χ2n) is 6.01. The Balaban J connectivity index is 1.85. The van der Waals surface area contributed by atoms with Crippen molar-refractivity contribution >= 4 is 16.1 Å². The maximum absolute atomic E-state index is 12.3. The first kappa shape index (κ1) is 15.5. The molecule has 1 aromatic heterocycles. The number of nitrogens with zero attached hydrogens (tertiary/aromatic N) is 2. The van der Waals surface area contributed by atoms with Crippen LogP contribution in [-0.2, 0) is 16.4 Å². The molecule has 3 rings (SSSR count). The Morgan fingerprint density at radius 2 is 2.17 bits per heavy atom. The second-order valence-corrected chi connectivity index (χ2v) is 7.69. The predicted molar refractivity (Wildman–Crippen MR) is 82.8 cm³/mol. The SMILES string of the molecule is CC1(C)CCc2cc(S(=O)(=O)NC(=O)n3ccnc3)ccc2O1. The van der Waals surface area contributed by atoms with Gasteiger partial charge in [0.2, 0.25) is 0 Å². The van der Waals surface area contributed by atoms with Crippen LogP contribution < -0.4 is 9.46 Å². The van der Waals surface area contributed by atoms with E-state index in [9.17, 15) is 13.2 Å². The highest BCUT2D eigenvalue weighted by Crippen LogP contribution is 2.34. The van der Waals surface area contributed by atoms with Crippen molar-refractivity contribution < 1.29 is 17.9 Å². The van der Waals surface area contributed by atoms with Crippen LogP contribution in [0.2, 0.25) is 0 Å². The van der Waals surface area contributed by atoms with Gasteiger partial charge in [0.15, 0.2) is 0 Å². The summed E-state index contributed by atoms with van der Waals surface area (Å²) in [5.41, 5.74) is 0.561. The summed E-state index contributed by atoms with van der Waals surface area (Å²) in [5.74, 6) is 0.682. The molecule has 2 heterocycles. The highest BCUT2D eigenvalue weighted by Gasteiger charge is 2.28. The van der Waals surface area contributed by atoms with E-state index in [1.807, 2.05) is 18.6 Å². The lowest BCUT2D eigenvalue weighted by Gasteiger charge is -2.32. The van der Waals surface area contributed by atoms with Crippen molar-refractivity contribution in [1.82, 2.24) is 14.3 Å². The van der Waals surface area contributed by atoms with Crippen LogP contribution in [0.15, 0.2) is 41.8 Å². The Morgan fingerprint density at radius 1 is 1.39 bits per heavy atom. The summed E-state index contributed by atoms with van der Waals surface area (Å²) in [5, 5.41) is 0. The normalized spacial score (nSPS) is 16.3. The molecule has 1 N–H and O–H groups in total. The summed E-state index contributed by atoms with van der Waals surface area (Å²) in [6.45, 7) is 3.98. The number of aromatic nitrogens is 2. The molecule has 0 saturated carbocycles. The molecule has 7 nitrogen and oxygen atoms in total. The van der Waals surface area contributed by atoms with Crippen molar-refractivity contribution in [2.75, 3.05) is 0 Å². The summed E-state index contributed by atoms with van der Waals surface area (Å²) >= 11 is 0. The second kappa shape index (κ2) is 5.38. The number of ether oxygens (including phenoxy) is 1. The van der Waals surface area contributed by atoms with Gasteiger partial charge in [-0.3, -0.25) is 4.57 Å². The first-order valence-corrected chi connectivity index (χ1v) is 8.62. The first-order valence-electron chi connectivity index (χ1n) is 7.14. The monoisotopic (exact) mass is 335 g/mol. The number of fused-ring (bicyclic) bond motifs is 1. The zero-order chi connectivity index (χ0) is 16.7. The number of rotatable bonds is 2. The molecule has 1 aromatic carbocycles. The van der Waals surface area contributed by atoms with Gasteiger partial charge in [0.05, 0.1) is 4.90 Å². The topological polar surface area (TPSA) is 90.3 Å². The quantitative estimate of drug-likeness (QED) is 0.905. The van der Waals surface area contributed by atoms with Gasteiger partial charge in [-0.2, -0.15) is 0 Å². The molecule has 2 aromatic rings. The lowest BCUT2D eigenvalue weighted by atomic mass is 9.94. The number of amides is 1. The fraction of sp³-hybridized carbons (Fsp3) is 0.333. The van der Waals surface area contributed by atoms with Gasteiger partial charge in [0, 0.05) is 12.4 Å². The number of carbonyl (C=O) groups excluding carboxylic acids is 1. The molecular weight excluding hydrogens is 318 g/mol. The number of benzene rings is 1. The van der Waals surface area contributed by atoms with Crippen molar-refractivity contribution in [3.8, 4) is 5.75 Å². The maximum atomic E-state index is 12.3. The van der Waals surface area contributed by atoms with Crippen molar-refractivity contribution in [3.63, 3.8) is 0 Å². The average molecular weight is 335 g/mol. The summed E-state index contributed by atoms with van der Waals surface area (Å²) in [7, 11) is -3.95. The third-order valence-electron chi connectivity index (χ3n) is 3.69. The van der Waals surface area contributed by atoms with E-state index in [0.29, 0.717) is 5.75 Å². The predicted octanol–water partition coefficient (Wildman–Crippen LogP) is 1.93. The van der Waals surface area contributed by atoms with Crippen molar-refractivity contribution in [1.29, 1.82) is 0 Å². The lowest BCUT2D eigenvalue weighted by Crippen LogP contribution is -2.34. The van der Waals surface area contributed by atoms with Crippen LogP contribution >= 0.6 is 0 Å². The average Bonchev–Trinajstić information content (AvgIpc) is 2.99. The van der Waals surface area contributed by atoms with E-state index in [1.54, 1.807) is 12.1 Å². The maximum Gasteiger partial charge on any atom is 0.340 e. The number of aryl methyl sites for hydroxylation is 1. The van der Waals surface area contributed by atoms with E-state index in [1.165, 1.54) is 24.8 Å². The van der Waals surface area contributed by atoms with Gasteiger partial charge in [-0.1, -0.05) is 0 Å². The van der Waals surface area contributed by atoms with E-state index >= 15 is 0 Å². The zero-order valence-corrected chi connectivity index (χ0v) is 13.6. The van der Waals surface area contributed by atoms with Gasteiger partial charge in [-0.15, -0.1) is 0 Å². The molecule has 1 amide bonds. The van der Waals surface area contributed by atoms with Crippen LogP contribution in [0.5, 0.6) is 5.75 Å². The standard InChI is InChI=1S/C15H17N3O4S/c1-15(2)6-5-11-9-12(3-4-13(11)22-15)23(20,21)17-14(19)18-8-7-16-10-18/h3-4,7-10H,5-6H2,1-2H3,(H,17,19). The van der Waals surface area contributed by atoms with Gasteiger partial charge in [0.25, 0.3) is 10.0 Å². The Kier molecular flexibility index (Phi) is 3.63. The van der Waals surface area contributed by atoms with E-state index in [4.69, 9.17) is 4.74 Å². The number of hydrogen-bond acceptors (Lipinski definition) is 5. The molecule has 122 valence electrons. The minimum Gasteiger partial charge on any atom is -0.488 e. The van der Waals surface area contributed by atoms with E-state index in [2.05, 4.69) is 4.98 Å². The van der Waals surface area contributed by atoms with Crippen molar-refractivity contribution in [2.45, 2.75) is 37.2 Å². The Labute approximate surface area is 134 Å². The number of imidazole rings is 1. The van der Waals surface area contributed by atoms with Crippen LogP contribution in [0.4, 0.5) is 4.79 Å². The molecule has 1 aliphatic rings. The van der Waals surface area contributed by atoms with Gasteiger partial charge >= 0.3 is 6.03 Å². The molecule has 0 radical (unpaired) electrons. The van der Waals surface area contributed by atoms with Crippen LogP contribution in [0, 0.1) is 0 Å². The molecular formula is C15H17N3O4S. The van der Waals surface area contributed by atoms with E-state index in [-0.39, 0.29) is 10.5 Å². The summed E-state index contributed by atoms with van der Waals surface area (Å²) in [6.07, 6.45) is 5.51. The molecule has 0 unspecified atom stereocenters. The third-order valence-corrected chi connectivity index (χ3v) is 5.00. The molecule has 0 fully saturated rings. The van der Waals surface area contributed by atoms with E-state index in [0.717, 1.165) is 23.0 Å². The third kappa shape index (κ3) is 3.21. The summed E-state index contributed by atoms with van der Waals surface area (Å²) < 4.78 is 33.6. The number of hydrogen-bond donors (Lipinski definition) is 1. The fourth-order valence-corrected chi connectivity index (χ4v) is 3.41. The van der Waals surface area contributed by atoms with E-state index < -0.39 is 16.1 Å². The molecule has 1 aliphatic heterocycles. The Morgan fingerprint density at radius 3 is 2.87 bits per heavy atom. The molecule has 8 heteroatoms. The summed E-state index contributed by atoms with van der Waals surface area (Å²) in [4.78, 5) is 15.6. The molecule has 0 spiro atoms. The van der Waals surface area contributed by atoms with Crippen LogP contribution in [0.3, 0.4) is 0 Å². The van der Waals surface area contributed by atoms with Crippen molar-refractivity contribution in [2.24, 2.45) is 0 Å². The highest BCUT2D eigenvalue weighted by molar-refractivity contribution is 7.90. The van der Waals surface area contributed by atoms with Gasteiger partial charge in [-0.25, -0.2) is 22.9 Å². The van der Waals surface area contributed by atoms with Gasteiger partial charge in [-0.05, 0) is 50.5 Å². The van der Waals surface area contributed by atoms with Crippen LogP contribution in [0.1, 0.15) is 25.8 Å². The Hall–Kier alpha value is -2.35. The number of carbonyl (C=O) groups is 1. The number of sulfonamides is 1. The first-order chi connectivity index (χ1) is 10.8. The largest absolute Gasteiger partial charge is 0.488 e. The molecule has 0 saturated heterocycles. The fourth-order valence-electron chi connectivity index (χ4n) is 2.41. The molecule has 0 atom stereocenters. The van der Waals surface area contributed by atoms with Gasteiger partial charge < -0.3 is 4.74 Å².